The van der Waals surface area contributed by atoms with E-state index in [1.54, 1.807) is 18.4 Å². The van der Waals surface area contributed by atoms with E-state index in [0.29, 0.717) is 6.42 Å². The van der Waals surface area contributed by atoms with E-state index in [9.17, 15) is 4.79 Å². The van der Waals surface area contributed by atoms with E-state index in [-0.39, 0.29) is 11.8 Å². The summed E-state index contributed by atoms with van der Waals surface area (Å²) in [7, 11) is 1.66. The molecule has 0 radical (unpaired) electrons. The molecule has 1 aromatic heterocycles. The van der Waals surface area contributed by atoms with E-state index >= 15 is 0 Å². The number of ether oxygens (including phenoxy) is 1. The molecule has 2 heterocycles. The summed E-state index contributed by atoms with van der Waals surface area (Å²) in [5.41, 5.74) is 5.58. The van der Waals surface area contributed by atoms with Crippen LogP contribution in [0.1, 0.15) is 28.3 Å². The summed E-state index contributed by atoms with van der Waals surface area (Å²) in [6.45, 7) is 2.08. The number of thiophene rings is 1. The minimum absolute atomic E-state index is 0.0695. The summed E-state index contributed by atoms with van der Waals surface area (Å²) in [5.74, 6) is 0.995. The molecule has 3 nitrogen and oxygen atoms in total. The van der Waals surface area contributed by atoms with Gasteiger partial charge in [-0.3, -0.25) is 4.79 Å². The molecule has 0 bridgehead atoms. The van der Waals surface area contributed by atoms with Crippen LogP contribution in [0.25, 0.3) is 11.1 Å². The van der Waals surface area contributed by atoms with Gasteiger partial charge in [-0.05, 0) is 30.2 Å². The molecule has 1 N–H and O–H groups in total. The van der Waals surface area contributed by atoms with Crippen molar-refractivity contribution in [3.05, 3.63) is 69.9 Å². The van der Waals surface area contributed by atoms with Gasteiger partial charge in [-0.2, -0.15) is 0 Å². The lowest BCUT2D eigenvalue weighted by molar-refractivity contribution is -0.116. The smallest absolute Gasteiger partial charge is 0.225 e. The highest BCUT2D eigenvalue weighted by molar-refractivity contribution is 7.11. The quantitative estimate of drug-likeness (QED) is 0.705. The Hall–Kier alpha value is -2.59. The van der Waals surface area contributed by atoms with E-state index in [0.717, 1.165) is 28.1 Å². The number of fused-ring (bicyclic) bond motifs is 1. The second-order valence-corrected chi connectivity index (χ2v) is 7.24. The molecule has 1 atom stereocenters. The number of anilines is 1. The predicted molar refractivity (Wildman–Crippen MR) is 103 cm³/mol. The fourth-order valence-corrected chi connectivity index (χ4v) is 4.44. The van der Waals surface area contributed by atoms with Gasteiger partial charge in [0.2, 0.25) is 5.91 Å². The highest BCUT2D eigenvalue weighted by atomic mass is 32.1. The minimum Gasteiger partial charge on any atom is -0.497 e. The van der Waals surface area contributed by atoms with Gasteiger partial charge in [-0.1, -0.05) is 42.0 Å². The van der Waals surface area contributed by atoms with Gasteiger partial charge < -0.3 is 10.1 Å². The molecule has 1 aliphatic heterocycles. The number of methoxy groups -OCH3 is 1. The first kappa shape index (κ1) is 15.9. The molecule has 2 aromatic carbocycles. The lowest BCUT2D eigenvalue weighted by Gasteiger charge is -2.24. The van der Waals surface area contributed by atoms with Gasteiger partial charge in [0, 0.05) is 28.2 Å². The molecular weight excluding hydrogens is 330 g/mol. The monoisotopic (exact) mass is 349 g/mol. The van der Waals surface area contributed by atoms with Gasteiger partial charge in [0.15, 0.2) is 0 Å². The maximum atomic E-state index is 12.3. The van der Waals surface area contributed by atoms with Gasteiger partial charge in [0.05, 0.1) is 12.8 Å². The molecule has 0 spiro atoms. The Kier molecular flexibility index (Phi) is 4.06. The first-order chi connectivity index (χ1) is 12.2. The summed E-state index contributed by atoms with van der Waals surface area (Å²) >= 11 is 1.72. The normalized spacial score (nSPS) is 16.2. The second-order valence-electron chi connectivity index (χ2n) is 6.33. The molecule has 0 saturated heterocycles. The number of rotatable bonds is 3. The first-order valence-corrected chi connectivity index (χ1v) is 9.16. The van der Waals surface area contributed by atoms with Crippen LogP contribution >= 0.6 is 11.3 Å². The Labute approximate surface area is 151 Å². The van der Waals surface area contributed by atoms with Crippen molar-refractivity contribution in [1.29, 1.82) is 0 Å². The van der Waals surface area contributed by atoms with Crippen molar-refractivity contribution in [2.75, 3.05) is 12.4 Å². The SMILES string of the molecule is COc1ccc(C2CC(=O)Nc3c(-c4ccc(C)cc4)csc32)cc1. The van der Waals surface area contributed by atoms with E-state index in [4.69, 9.17) is 4.74 Å². The summed E-state index contributed by atoms with van der Waals surface area (Å²) in [5, 5.41) is 5.24. The molecule has 1 unspecified atom stereocenters. The van der Waals surface area contributed by atoms with E-state index in [1.165, 1.54) is 10.4 Å². The highest BCUT2D eigenvalue weighted by Gasteiger charge is 2.30. The van der Waals surface area contributed by atoms with Crippen LogP contribution in [-0.4, -0.2) is 13.0 Å². The van der Waals surface area contributed by atoms with Crippen LogP contribution in [0.4, 0.5) is 5.69 Å². The predicted octanol–water partition coefficient (Wildman–Crippen LogP) is 5.21. The number of aryl methyl sites for hydroxylation is 1. The fourth-order valence-electron chi connectivity index (χ4n) is 3.28. The van der Waals surface area contributed by atoms with E-state index < -0.39 is 0 Å². The number of carbonyl (C=O) groups is 1. The van der Waals surface area contributed by atoms with E-state index in [2.05, 4.69) is 54.0 Å². The number of amides is 1. The third kappa shape index (κ3) is 2.94. The van der Waals surface area contributed by atoms with Crippen molar-refractivity contribution in [3.8, 4) is 16.9 Å². The largest absolute Gasteiger partial charge is 0.497 e. The lowest BCUT2D eigenvalue weighted by atomic mass is 9.89. The molecule has 126 valence electrons. The third-order valence-electron chi connectivity index (χ3n) is 4.67. The highest BCUT2D eigenvalue weighted by Crippen LogP contribution is 2.46. The van der Waals surface area contributed by atoms with Crippen LogP contribution < -0.4 is 10.1 Å². The van der Waals surface area contributed by atoms with Gasteiger partial charge in [0.25, 0.3) is 0 Å². The molecule has 3 aromatic rings. The van der Waals surface area contributed by atoms with Gasteiger partial charge >= 0.3 is 0 Å². The summed E-state index contributed by atoms with van der Waals surface area (Å²) < 4.78 is 5.24. The molecule has 4 heteroatoms. The topological polar surface area (TPSA) is 38.3 Å². The molecule has 1 amide bonds. The lowest BCUT2D eigenvalue weighted by Crippen LogP contribution is -2.22. The molecule has 25 heavy (non-hydrogen) atoms. The molecule has 1 aliphatic rings. The Morgan fingerprint density at radius 3 is 2.48 bits per heavy atom. The summed E-state index contributed by atoms with van der Waals surface area (Å²) in [6, 6.07) is 16.4. The van der Waals surface area contributed by atoms with Crippen LogP contribution in [0.3, 0.4) is 0 Å². The van der Waals surface area contributed by atoms with Crippen molar-refractivity contribution >= 4 is 22.9 Å². The van der Waals surface area contributed by atoms with Gasteiger partial charge in [0.1, 0.15) is 5.75 Å². The number of benzene rings is 2. The van der Waals surface area contributed by atoms with Crippen molar-refractivity contribution in [3.63, 3.8) is 0 Å². The maximum Gasteiger partial charge on any atom is 0.225 e. The zero-order chi connectivity index (χ0) is 17.4. The van der Waals surface area contributed by atoms with Crippen LogP contribution in [0.15, 0.2) is 53.9 Å². The molecule has 0 aliphatic carbocycles. The van der Waals surface area contributed by atoms with E-state index in [1.807, 2.05) is 12.1 Å². The standard InChI is InChI=1S/C21H19NO2S/c1-13-3-5-15(6-4-13)18-12-25-21-17(11-19(23)22-20(18)21)14-7-9-16(24-2)10-8-14/h3-10,12,17H,11H2,1-2H3,(H,22,23). The molecule has 0 fully saturated rings. The molecule has 4 rings (SSSR count). The van der Waals surface area contributed by atoms with Crippen molar-refractivity contribution < 1.29 is 9.53 Å². The molecule has 0 saturated carbocycles. The Morgan fingerprint density at radius 1 is 1.08 bits per heavy atom. The van der Waals surface area contributed by atoms with Gasteiger partial charge in [-0.15, -0.1) is 11.3 Å². The number of nitrogens with one attached hydrogen (secondary N) is 1. The summed E-state index contributed by atoms with van der Waals surface area (Å²) in [6.07, 6.45) is 0.479. The van der Waals surface area contributed by atoms with Crippen LogP contribution in [0.5, 0.6) is 5.75 Å². The van der Waals surface area contributed by atoms with Crippen LogP contribution in [0, 0.1) is 6.92 Å². The van der Waals surface area contributed by atoms with Gasteiger partial charge in [-0.25, -0.2) is 0 Å². The minimum atomic E-state index is 0.0695. The average molecular weight is 349 g/mol. The number of carbonyl (C=O) groups excluding carboxylic acids is 1. The summed E-state index contributed by atoms with van der Waals surface area (Å²) in [4.78, 5) is 13.6. The zero-order valence-corrected chi connectivity index (χ0v) is 15.0. The number of hydrogen-bond acceptors (Lipinski definition) is 3. The third-order valence-corrected chi connectivity index (χ3v) is 5.77. The maximum absolute atomic E-state index is 12.3. The van der Waals surface area contributed by atoms with Crippen molar-refractivity contribution in [1.82, 2.24) is 0 Å². The van der Waals surface area contributed by atoms with Crippen molar-refractivity contribution in [2.45, 2.75) is 19.3 Å². The van der Waals surface area contributed by atoms with Crippen molar-refractivity contribution in [2.24, 2.45) is 0 Å². The Morgan fingerprint density at radius 2 is 1.80 bits per heavy atom. The van der Waals surface area contributed by atoms with Crippen LogP contribution in [0.2, 0.25) is 0 Å². The first-order valence-electron chi connectivity index (χ1n) is 8.28. The molecular formula is C21H19NO2S. The Balaban J connectivity index is 1.76. The zero-order valence-electron chi connectivity index (χ0n) is 14.2. The van der Waals surface area contributed by atoms with Crippen LogP contribution in [-0.2, 0) is 4.79 Å². The fraction of sp³-hybridized carbons (Fsp3) is 0.190. The second kappa shape index (κ2) is 6.37. The average Bonchev–Trinajstić information content (AvgIpc) is 3.05. The number of hydrogen-bond donors (Lipinski definition) is 1. The Bertz CT molecular complexity index is 910.